The SMILES string of the molecule is CC(C)=C(C(=O)O)N1C(=O)C(C)C1C. The van der Waals surface area contributed by atoms with Crippen LogP contribution in [0, 0.1) is 5.92 Å². The summed E-state index contributed by atoms with van der Waals surface area (Å²) in [5.41, 5.74) is 0.783. The minimum atomic E-state index is -1.03. The van der Waals surface area contributed by atoms with Gasteiger partial charge in [-0.15, -0.1) is 0 Å². The number of hydrogen-bond acceptors (Lipinski definition) is 2. The quantitative estimate of drug-likeness (QED) is 0.535. The number of β-lactam (4-membered cyclic amide) rings is 1. The molecule has 1 fully saturated rings. The van der Waals surface area contributed by atoms with Gasteiger partial charge in [-0.25, -0.2) is 4.79 Å². The molecule has 78 valence electrons. The molecule has 1 heterocycles. The Morgan fingerprint density at radius 2 is 1.86 bits per heavy atom. The Bertz CT molecular complexity index is 315. The summed E-state index contributed by atoms with van der Waals surface area (Å²) >= 11 is 0. The average Bonchev–Trinajstić information content (AvgIpc) is 2.10. The number of amides is 1. The van der Waals surface area contributed by atoms with E-state index >= 15 is 0 Å². The first kappa shape index (κ1) is 10.8. The zero-order chi connectivity index (χ0) is 11.0. The molecule has 1 aliphatic heterocycles. The van der Waals surface area contributed by atoms with Gasteiger partial charge in [-0.2, -0.15) is 0 Å². The van der Waals surface area contributed by atoms with Crippen molar-refractivity contribution >= 4 is 11.9 Å². The van der Waals surface area contributed by atoms with Crippen molar-refractivity contribution in [2.45, 2.75) is 33.7 Å². The van der Waals surface area contributed by atoms with Crippen molar-refractivity contribution in [2.24, 2.45) is 5.92 Å². The summed E-state index contributed by atoms with van der Waals surface area (Å²) in [5.74, 6) is -1.20. The van der Waals surface area contributed by atoms with Gasteiger partial charge in [0, 0.05) is 6.04 Å². The molecule has 0 aromatic carbocycles. The summed E-state index contributed by atoms with van der Waals surface area (Å²) in [7, 11) is 0. The van der Waals surface area contributed by atoms with Crippen LogP contribution in [0.25, 0.3) is 0 Å². The van der Waals surface area contributed by atoms with E-state index in [9.17, 15) is 9.59 Å². The number of carboxylic acids is 1. The lowest BCUT2D eigenvalue weighted by Gasteiger charge is -2.44. The van der Waals surface area contributed by atoms with Crippen molar-refractivity contribution in [2.75, 3.05) is 0 Å². The molecule has 1 saturated heterocycles. The summed E-state index contributed by atoms with van der Waals surface area (Å²) < 4.78 is 0. The van der Waals surface area contributed by atoms with Crippen LogP contribution in [-0.2, 0) is 9.59 Å². The summed E-state index contributed by atoms with van der Waals surface area (Å²) in [4.78, 5) is 23.7. The Labute approximate surface area is 83.2 Å². The van der Waals surface area contributed by atoms with Gasteiger partial charge in [0.25, 0.3) is 0 Å². The number of hydrogen-bond donors (Lipinski definition) is 1. The largest absolute Gasteiger partial charge is 0.477 e. The van der Waals surface area contributed by atoms with Crippen LogP contribution in [0.4, 0.5) is 0 Å². The topological polar surface area (TPSA) is 57.6 Å². The van der Waals surface area contributed by atoms with Gasteiger partial charge in [0.2, 0.25) is 5.91 Å². The summed E-state index contributed by atoms with van der Waals surface area (Å²) in [6, 6.07) is -0.0106. The third-order valence-electron chi connectivity index (χ3n) is 2.67. The zero-order valence-corrected chi connectivity index (χ0v) is 8.87. The molecule has 2 atom stereocenters. The fourth-order valence-electron chi connectivity index (χ4n) is 1.64. The molecule has 0 aromatic heterocycles. The maximum atomic E-state index is 11.5. The molecule has 1 rings (SSSR count). The number of carboxylic acid groups (broad SMARTS) is 1. The maximum absolute atomic E-state index is 11.5. The van der Waals surface area contributed by atoms with Gasteiger partial charge >= 0.3 is 5.97 Å². The Kier molecular flexibility index (Phi) is 2.64. The third-order valence-corrected chi connectivity index (χ3v) is 2.67. The molecule has 14 heavy (non-hydrogen) atoms. The van der Waals surface area contributed by atoms with Crippen LogP contribution < -0.4 is 0 Å². The first-order valence-electron chi connectivity index (χ1n) is 4.61. The number of allylic oxidation sites excluding steroid dienone is 1. The molecule has 0 bridgehead atoms. The van der Waals surface area contributed by atoms with E-state index in [0.29, 0.717) is 5.57 Å². The second-order valence-corrected chi connectivity index (χ2v) is 3.89. The molecule has 0 spiro atoms. The molecule has 0 aliphatic carbocycles. The predicted octanol–water partition coefficient (Wildman–Crippen LogP) is 1.23. The van der Waals surface area contributed by atoms with E-state index < -0.39 is 5.97 Å². The Morgan fingerprint density at radius 3 is 2.14 bits per heavy atom. The lowest BCUT2D eigenvalue weighted by atomic mass is 9.89. The number of rotatable bonds is 2. The minimum absolute atomic E-state index is 0.0106. The van der Waals surface area contributed by atoms with Crippen molar-refractivity contribution in [3.8, 4) is 0 Å². The van der Waals surface area contributed by atoms with Crippen LogP contribution in [0.3, 0.4) is 0 Å². The molecule has 0 saturated carbocycles. The maximum Gasteiger partial charge on any atom is 0.352 e. The molecule has 1 N–H and O–H groups in total. The highest BCUT2D eigenvalue weighted by molar-refractivity contribution is 5.97. The van der Waals surface area contributed by atoms with Crippen molar-refractivity contribution in [1.29, 1.82) is 0 Å². The zero-order valence-electron chi connectivity index (χ0n) is 8.87. The van der Waals surface area contributed by atoms with Gasteiger partial charge in [-0.3, -0.25) is 4.79 Å². The summed E-state index contributed by atoms with van der Waals surface area (Å²) in [5, 5.41) is 8.95. The third kappa shape index (κ3) is 1.41. The van der Waals surface area contributed by atoms with Crippen molar-refractivity contribution in [1.82, 2.24) is 4.90 Å². The van der Waals surface area contributed by atoms with Gasteiger partial charge in [0.1, 0.15) is 5.70 Å². The summed E-state index contributed by atoms with van der Waals surface area (Å²) in [6.45, 7) is 7.07. The molecule has 4 heteroatoms. The predicted molar refractivity (Wildman–Crippen MR) is 51.5 cm³/mol. The van der Waals surface area contributed by atoms with Gasteiger partial charge in [-0.1, -0.05) is 6.92 Å². The molecule has 0 aromatic rings. The standard InChI is InChI=1S/C10H15NO3/c1-5(2)8(10(13)14)11-7(4)6(3)9(11)12/h6-7H,1-4H3,(H,13,14). The molecule has 1 aliphatic rings. The second kappa shape index (κ2) is 3.44. The van der Waals surface area contributed by atoms with Crippen LogP contribution in [0.2, 0.25) is 0 Å². The first-order valence-corrected chi connectivity index (χ1v) is 4.61. The second-order valence-electron chi connectivity index (χ2n) is 3.89. The number of carbonyl (C=O) groups is 2. The van der Waals surface area contributed by atoms with Crippen LogP contribution >= 0.6 is 0 Å². The van der Waals surface area contributed by atoms with Gasteiger partial charge in [-0.05, 0) is 26.3 Å². The number of carbonyl (C=O) groups excluding carboxylic acids is 1. The lowest BCUT2D eigenvalue weighted by molar-refractivity contribution is -0.154. The number of nitrogens with zero attached hydrogens (tertiary/aromatic N) is 1. The minimum Gasteiger partial charge on any atom is -0.477 e. The van der Waals surface area contributed by atoms with E-state index in [-0.39, 0.29) is 23.6 Å². The highest BCUT2D eigenvalue weighted by Crippen LogP contribution is 2.31. The van der Waals surface area contributed by atoms with E-state index in [0.717, 1.165) is 0 Å². The average molecular weight is 197 g/mol. The summed E-state index contributed by atoms with van der Waals surface area (Å²) in [6.07, 6.45) is 0. The lowest BCUT2D eigenvalue weighted by Crippen LogP contribution is -2.58. The normalized spacial score (nSPS) is 25.7. The first-order chi connectivity index (χ1) is 6.37. The van der Waals surface area contributed by atoms with Gasteiger partial charge in [0.15, 0.2) is 0 Å². The number of likely N-dealkylation sites (tertiary alicyclic amines) is 1. The highest BCUT2D eigenvalue weighted by Gasteiger charge is 2.44. The molecule has 1 amide bonds. The fraction of sp³-hybridized carbons (Fsp3) is 0.600. The van der Waals surface area contributed by atoms with Gasteiger partial charge < -0.3 is 10.0 Å². The smallest absolute Gasteiger partial charge is 0.352 e. The molecular weight excluding hydrogens is 182 g/mol. The van der Waals surface area contributed by atoms with Crippen molar-refractivity contribution in [3.63, 3.8) is 0 Å². The van der Waals surface area contributed by atoms with E-state index in [2.05, 4.69) is 0 Å². The van der Waals surface area contributed by atoms with Crippen LogP contribution in [0.5, 0.6) is 0 Å². The van der Waals surface area contributed by atoms with Gasteiger partial charge in [0.05, 0.1) is 5.92 Å². The Hall–Kier alpha value is -1.32. The molecule has 0 radical (unpaired) electrons. The monoisotopic (exact) mass is 197 g/mol. The van der Waals surface area contributed by atoms with Crippen molar-refractivity contribution in [3.05, 3.63) is 11.3 Å². The fourth-order valence-corrected chi connectivity index (χ4v) is 1.64. The number of aliphatic carboxylic acids is 1. The van der Waals surface area contributed by atoms with Crippen LogP contribution in [0.1, 0.15) is 27.7 Å². The van der Waals surface area contributed by atoms with E-state index in [1.54, 1.807) is 13.8 Å². The molecule has 4 nitrogen and oxygen atoms in total. The van der Waals surface area contributed by atoms with Crippen LogP contribution in [0.15, 0.2) is 11.3 Å². The highest BCUT2D eigenvalue weighted by atomic mass is 16.4. The van der Waals surface area contributed by atoms with Crippen LogP contribution in [-0.4, -0.2) is 27.9 Å². The van der Waals surface area contributed by atoms with E-state index in [1.165, 1.54) is 4.90 Å². The van der Waals surface area contributed by atoms with Crippen molar-refractivity contribution < 1.29 is 14.7 Å². The Balaban J connectivity index is 3.00. The van der Waals surface area contributed by atoms with E-state index in [1.807, 2.05) is 13.8 Å². The van der Waals surface area contributed by atoms with E-state index in [4.69, 9.17) is 5.11 Å². The molecule has 2 unspecified atom stereocenters. The molecular formula is C10H15NO3. The Morgan fingerprint density at radius 1 is 1.36 bits per heavy atom.